The minimum atomic E-state index is 0.971. The Morgan fingerprint density at radius 2 is 2.67 bits per heavy atom. The third kappa shape index (κ3) is 0.904. The molecule has 2 aliphatic rings. The van der Waals surface area contributed by atoms with Crippen LogP contribution in [-0.2, 0) is 0 Å². The Bertz CT molecular complexity index is 183. The summed E-state index contributed by atoms with van der Waals surface area (Å²) in [4.78, 5) is 5.68. The Morgan fingerprint density at radius 1 is 1.67 bits per heavy atom. The molecule has 3 heteroatoms. The van der Waals surface area contributed by atoms with Crippen LogP contribution >= 0.6 is 11.8 Å². The number of aliphatic imine (C=N–C) groups is 1. The highest BCUT2D eigenvalue weighted by atomic mass is 32.2. The van der Waals surface area contributed by atoms with E-state index in [4.69, 9.17) is 0 Å². The summed E-state index contributed by atoms with van der Waals surface area (Å²) in [5.41, 5.74) is 3.18. The Hall–Kier alpha value is -0.280. The fourth-order valence-electron chi connectivity index (χ4n) is 1.05. The summed E-state index contributed by atoms with van der Waals surface area (Å²) in [6.07, 6.45) is 1.17. The van der Waals surface area contributed by atoms with Crippen LogP contribution in [-0.4, -0.2) is 18.6 Å². The molecule has 1 radical (unpaired) electrons. The minimum Gasteiger partial charge on any atom is -0.307 e. The summed E-state index contributed by atoms with van der Waals surface area (Å²) in [7, 11) is 0. The van der Waals surface area contributed by atoms with Crippen molar-refractivity contribution in [1.82, 2.24) is 10.3 Å². The molecule has 0 aromatic heterocycles. The summed E-state index contributed by atoms with van der Waals surface area (Å²) in [6.45, 7) is 2.09. The zero-order valence-electron chi connectivity index (χ0n) is 5.05. The van der Waals surface area contributed by atoms with Gasteiger partial charge in [0.15, 0.2) is 0 Å². The molecule has 0 aromatic carbocycles. The van der Waals surface area contributed by atoms with Gasteiger partial charge in [-0.25, -0.2) is 0 Å². The molecule has 2 aliphatic heterocycles. The van der Waals surface area contributed by atoms with Gasteiger partial charge >= 0.3 is 0 Å². The second-order valence-corrected chi connectivity index (χ2v) is 3.09. The van der Waals surface area contributed by atoms with Gasteiger partial charge in [-0.15, -0.1) is 0 Å². The molecule has 0 saturated carbocycles. The van der Waals surface area contributed by atoms with Crippen molar-refractivity contribution >= 4 is 17.3 Å². The number of thioether (sulfide) groups is 1. The largest absolute Gasteiger partial charge is 0.307 e. The van der Waals surface area contributed by atoms with Crippen molar-refractivity contribution in [3.63, 3.8) is 0 Å². The highest BCUT2D eigenvalue weighted by Gasteiger charge is 2.25. The van der Waals surface area contributed by atoms with Crippen molar-refractivity contribution in [2.75, 3.05) is 13.1 Å². The summed E-state index contributed by atoms with van der Waals surface area (Å²) in [5.74, 6) is 0. The van der Waals surface area contributed by atoms with E-state index < -0.39 is 0 Å². The molecule has 0 amide bonds. The lowest BCUT2D eigenvalue weighted by Gasteiger charge is -2.05. The Labute approximate surface area is 58.4 Å². The molecular weight excluding hydrogens is 132 g/mol. The number of nitrogens with one attached hydrogen (secondary N) is 1. The summed E-state index contributed by atoms with van der Waals surface area (Å²) in [6, 6.07) is 0. The van der Waals surface area contributed by atoms with Crippen LogP contribution in [0, 0.1) is 0 Å². The van der Waals surface area contributed by atoms with Gasteiger partial charge in [-0.2, -0.15) is 0 Å². The first-order valence-corrected chi connectivity index (χ1v) is 3.97. The van der Waals surface area contributed by atoms with Crippen LogP contribution in [0.3, 0.4) is 0 Å². The maximum Gasteiger partial charge on any atom is 0.280 e. The van der Waals surface area contributed by atoms with Crippen molar-refractivity contribution in [1.29, 1.82) is 0 Å². The first-order valence-electron chi connectivity index (χ1n) is 3.09. The first kappa shape index (κ1) is 5.50. The molecule has 0 spiro atoms. The molecule has 0 aliphatic carbocycles. The van der Waals surface area contributed by atoms with E-state index in [0.717, 1.165) is 13.1 Å². The lowest BCUT2D eigenvalue weighted by molar-refractivity contribution is 0.685. The zero-order chi connectivity index (χ0) is 6.10. The van der Waals surface area contributed by atoms with E-state index in [1.165, 1.54) is 17.0 Å². The number of nitrogens with zero attached hydrogens (tertiary/aromatic N) is 1. The average Bonchev–Trinajstić information content (AvgIpc) is 2.33. The van der Waals surface area contributed by atoms with Gasteiger partial charge in [-0.05, 0) is 18.2 Å². The van der Waals surface area contributed by atoms with Crippen molar-refractivity contribution in [2.24, 2.45) is 0 Å². The Morgan fingerprint density at radius 3 is 3.56 bits per heavy atom. The fraction of sp³-hybridized carbons (Fsp3) is 0.500. The molecule has 1 N–H and O–H groups in total. The Kier molecular flexibility index (Phi) is 1.32. The topological polar surface area (TPSA) is 26.1 Å². The van der Waals surface area contributed by atoms with Crippen LogP contribution in [0.25, 0.3) is 0 Å². The summed E-state index contributed by atoms with van der Waals surface area (Å²) in [5, 5.41) is 3.27. The molecule has 0 atom stereocenters. The van der Waals surface area contributed by atoms with Crippen molar-refractivity contribution in [3.05, 3.63) is 10.6 Å². The molecule has 2 nitrogen and oxygen atoms in total. The quantitative estimate of drug-likeness (QED) is 0.524. The van der Waals surface area contributed by atoms with Gasteiger partial charge in [0, 0.05) is 6.54 Å². The maximum absolute atomic E-state index is 4.21. The van der Waals surface area contributed by atoms with Crippen molar-refractivity contribution in [3.8, 4) is 0 Å². The predicted molar refractivity (Wildman–Crippen MR) is 40.3 cm³/mol. The van der Waals surface area contributed by atoms with E-state index in [1.54, 1.807) is 11.8 Å². The van der Waals surface area contributed by atoms with Crippen LogP contribution in [0.2, 0.25) is 0 Å². The molecule has 0 unspecified atom stereocenters. The highest BCUT2D eigenvalue weighted by molar-refractivity contribution is 8.15. The van der Waals surface area contributed by atoms with Gasteiger partial charge in [0.25, 0.3) is 11.2 Å². The molecule has 9 heavy (non-hydrogen) atoms. The average molecular weight is 140 g/mol. The van der Waals surface area contributed by atoms with E-state index in [2.05, 4.69) is 10.3 Å². The number of hydrogen-bond acceptors (Lipinski definition) is 3. The fourth-order valence-corrected chi connectivity index (χ4v) is 1.84. The van der Waals surface area contributed by atoms with Gasteiger partial charge in [0.2, 0.25) is 0 Å². The van der Waals surface area contributed by atoms with Crippen LogP contribution in [0.4, 0.5) is 0 Å². The SMILES string of the molecule is C1=[N+]C2=C(CCNC2)S1. The lowest BCUT2D eigenvalue weighted by atomic mass is 10.2. The maximum atomic E-state index is 4.21. The van der Waals surface area contributed by atoms with Gasteiger partial charge in [-0.1, -0.05) is 0 Å². The van der Waals surface area contributed by atoms with E-state index in [9.17, 15) is 0 Å². The molecule has 0 fully saturated rings. The van der Waals surface area contributed by atoms with E-state index >= 15 is 0 Å². The van der Waals surface area contributed by atoms with E-state index in [0.29, 0.717) is 0 Å². The Balaban J connectivity index is 2.24. The third-order valence-electron chi connectivity index (χ3n) is 1.55. The second kappa shape index (κ2) is 2.15. The van der Waals surface area contributed by atoms with E-state index in [-0.39, 0.29) is 0 Å². The van der Waals surface area contributed by atoms with Crippen LogP contribution < -0.4 is 10.3 Å². The molecule has 2 heterocycles. The van der Waals surface area contributed by atoms with Crippen molar-refractivity contribution in [2.45, 2.75) is 6.42 Å². The summed E-state index contributed by atoms with van der Waals surface area (Å²) < 4.78 is 0. The van der Waals surface area contributed by atoms with E-state index in [1.807, 2.05) is 5.55 Å². The molecule has 47 valence electrons. The van der Waals surface area contributed by atoms with Gasteiger partial charge < -0.3 is 5.32 Å². The standard InChI is InChI=1S/C6H8N2S/c1-2-7-3-5-6(1)9-4-8-5/h4,7H,1-3H2/q+1. The van der Waals surface area contributed by atoms with Gasteiger partial charge in [0.1, 0.15) is 0 Å². The normalized spacial score (nSPS) is 24.9. The predicted octanol–water partition coefficient (Wildman–Crippen LogP) is 0.302. The smallest absolute Gasteiger partial charge is 0.280 e. The van der Waals surface area contributed by atoms with Crippen LogP contribution in [0.1, 0.15) is 6.42 Å². The molecule has 0 aromatic rings. The van der Waals surface area contributed by atoms with Crippen LogP contribution in [0.5, 0.6) is 0 Å². The zero-order valence-corrected chi connectivity index (χ0v) is 5.87. The number of rotatable bonds is 0. The van der Waals surface area contributed by atoms with Crippen LogP contribution in [0.15, 0.2) is 10.6 Å². The van der Waals surface area contributed by atoms with Crippen molar-refractivity contribution < 1.29 is 0 Å². The van der Waals surface area contributed by atoms with Gasteiger partial charge in [0.05, 0.1) is 16.4 Å². The highest BCUT2D eigenvalue weighted by Crippen LogP contribution is 2.25. The molecule has 0 bridgehead atoms. The molecular formula is C6H8N2S+. The third-order valence-corrected chi connectivity index (χ3v) is 2.48. The lowest BCUT2D eigenvalue weighted by Crippen LogP contribution is -2.24. The van der Waals surface area contributed by atoms with Gasteiger partial charge in [-0.3, -0.25) is 0 Å². The second-order valence-electron chi connectivity index (χ2n) is 2.15. The number of hydrogen-bond donors (Lipinski definition) is 1. The first-order chi connectivity index (χ1) is 4.47. The monoisotopic (exact) mass is 140 g/mol. The molecule has 2 rings (SSSR count). The molecule has 0 saturated heterocycles. The minimum absolute atomic E-state index is 0.971. The summed E-state index contributed by atoms with van der Waals surface area (Å²) >= 11 is 1.77.